The molecule has 0 fully saturated rings. The van der Waals surface area contributed by atoms with Crippen LogP contribution >= 0.6 is 12.2 Å². The molecule has 0 radical (unpaired) electrons. The summed E-state index contributed by atoms with van der Waals surface area (Å²) in [5.74, 6) is 0.181. The Balaban J connectivity index is 2.80. The van der Waals surface area contributed by atoms with Crippen LogP contribution < -0.4 is 5.73 Å². The van der Waals surface area contributed by atoms with Crippen molar-refractivity contribution >= 4 is 17.3 Å². The van der Waals surface area contributed by atoms with Gasteiger partial charge in [0, 0.05) is 11.8 Å². The van der Waals surface area contributed by atoms with Crippen LogP contribution in [0.15, 0.2) is 12.3 Å². The van der Waals surface area contributed by atoms with Crippen LogP contribution in [0.1, 0.15) is 25.3 Å². The highest BCUT2D eigenvalue weighted by atomic mass is 32.1. The largest absolute Gasteiger partial charge is 0.494 e. The maximum absolute atomic E-state index is 9.62. The summed E-state index contributed by atoms with van der Waals surface area (Å²) in [6, 6.07) is 1.85. The summed E-state index contributed by atoms with van der Waals surface area (Å²) >= 11 is 4.76. The highest BCUT2D eigenvalue weighted by Gasteiger charge is 2.07. The van der Waals surface area contributed by atoms with Crippen LogP contribution in [0, 0.1) is 0 Å². The molecular weight excluding hydrogens is 184 g/mol. The lowest BCUT2D eigenvalue weighted by Crippen LogP contribution is -2.17. The van der Waals surface area contributed by atoms with E-state index < -0.39 is 0 Å². The molecule has 0 aliphatic heterocycles. The van der Waals surface area contributed by atoms with Gasteiger partial charge in [-0.15, -0.1) is 0 Å². The highest BCUT2D eigenvalue weighted by molar-refractivity contribution is 7.80. The third kappa shape index (κ3) is 2.21. The van der Waals surface area contributed by atoms with Gasteiger partial charge in [-0.2, -0.15) is 0 Å². The molecule has 0 unspecified atom stereocenters. The zero-order valence-electron chi connectivity index (χ0n) is 7.66. The van der Waals surface area contributed by atoms with Gasteiger partial charge in [0.1, 0.15) is 0 Å². The zero-order valence-corrected chi connectivity index (χ0v) is 8.47. The van der Waals surface area contributed by atoms with Crippen LogP contribution in [0.25, 0.3) is 0 Å². The first-order valence-corrected chi connectivity index (χ1v) is 4.76. The normalized spacial score (nSPS) is 10.2. The van der Waals surface area contributed by atoms with Crippen LogP contribution in [0.4, 0.5) is 0 Å². The van der Waals surface area contributed by atoms with Crippen molar-refractivity contribution in [1.82, 2.24) is 4.57 Å². The van der Waals surface area contributed by atoms with Gasteiger partial charge in [-0.25, -0.2) is 0 Å². The smallest absolute Gasteiger partial charge is 0.200 e. The van der Waals surface area contributed by atoms with Crippen LogP contribution in [0.2, 0.25) is 0 Å². The van der Waals surface area contributed by atoms with E-state index in [0.717, 1.165) is 24.8 Å². The topological polar surface area (TPSA) is 51.2 Å². The second kappa shape index (κ2) is 4.28. The molecule has 72 valence electrons. The number of unbranched alkanes of at least 4 members (excludes halogenated alkanes) is 1. The Bertz CT molecular complexity index is 307. The molecule has 0 spiro atoms. The van der Waals surface area contributed by atoms with Gasteiger partial charge < -0.3 is 10.8 Å². The number of aromatic nitrogens is 1. The fraction of sp³-hybridized carbons (Fsp3) is 0.444. The molecule has 4 heteroatoms. The first kappa shape index (κ1) is 10.1. The minimum absolute atomic E-state index is 0.181. The van der Waals surface area contributed by atoms with Gasteiger partial charge in [-0.1, -0.05) is 13.3 Å². The Morgan fingerprint density at radius 1 is 1.69 bits per heavy atom. The van der Waals surface area contributed by atoms with Crippen molar-refractivity contribution in [3.05, 3.63) is 17.8 Å². The van der Waals surface area contributed by atoms with E-state index in [2.05, 4.69) is 6.92 Å². The van der Waals surface area contributed by atoms with Crippen molar-refractivity contribution < 1.29 is 5.11 Å². The third-order valence-electron chi connectivity index (χ3n) is 1.98. The average Bonchev–Trinajstić information content (AvgIpc) is 2.43. The summed E-state index contributed by atoms with van der Waals surface area (Å²) in [6.07, 6.45) is 4.74. The van der Waals surface area contributed by atoms with Crippen LogP contribution in [0.5, 0.6) is 5.88 Å². The molecular formula is C9H14N2OS. The molecule has 0 atom stereocenters. The van der Waals surface area contributed by atoms with Crippen LogP contribution in [0.3, 0.4) is 0 Å². The van der Waals surface area contributed by atoms with E-state index in [1.54, 1.807) is 6.20 Å². The molecule has 1 aromatic rings. The Morgan fingerprint density at radius 3 is 2.85 bits per heavy atom. The second-order valence-corrected chi connectivity index (χ2v) is 3.39. The number of hydrogen-bond donors (Lipinski definition) is 2. The molecule has 0 saturated heterocycles. The summed E-state index contributed by atoms with van der Waals surface area (Å²) in [4.78, 5) is 0. The van der Waals surface area contributed by atoms with E-state index in [4.69, 9.17) is 18.0 Å². The Kier molecular flexibility index (Phi) is 3.31. The Morgan fingerprint density at radius 2 is 2.38 bits per heavy atom. The van der Waals surface area contributed by atoms with Gasteiger partial charge in [0.05, 0.1) is 0 Å². The molecule has 0 aliphatic rings. The van der Waals surface area contributed by atoms with Gasteiger partial charge in [0.15, 0.2) is 5.11 Å². The predicted molar refractivity (Wildman–Crippen MR) is 56.9 cm³/mol. The minimum Gasteiger partial charge on any atom is -0.494 e. The van der Waals surface area contributed by atoms with Crippen molar-refractivity contribution in [3.63, 3.8) is 0 Å². The second-order valence-electron chi connectivity index (χ2n) is 2.98. The van der Waals surface area contributed by atoms with Gasteiger partial charge in [-0.05, 0) is 31.1 Å². The quantitative estimate of drug-likeness (QED) is 0.726. The minimum atomic E-state index is 0.181. The lowest BCUT2D eigenvalue weighted by Gasteiger charge is -2.02. The molecule has 1 heterocycles. The van der Waals surface area contributed by atoms with Crippen molar-refractivity contribution in [2.75, 3.05) is 0 Å². The standard InChI is InChI=1S/C9H14N2OS/c1-2-3-4-7-5-6-11(8(7)12)9(10)13/h5-6,12H,2-4H2,1H3,(H2,10,13). The van der Waals surface area contributed by atoms with Crippen molar-refractivity contribution in [2.24, 2.45) is 5.73 Å². The molecule has 3 nitrogen and oxygen atoms in total. The summed E-state index contributed by atoms with van der Waals surface area (Å²) in [7, 11) is 0. The Labute approximate surface area is 83.2 Å². The molecule has 0 bridgehead atoms. The Hall–Kier alpha value is -1.03. The number of rotatable bonds is 3. The molecule has 0 aromatic carbocycles. The van der Waals surface area contributed by atoms with E-state index in [9.17, 15) is 5.11 Å². The van der Waals surface area contributed by atoms with E-state index in [1.165, 1.54) is 4.57 Å². The zero-order chi connectivity index (χ0) is 9.84. The van der Waals surface area contributed by atoms with Gasteiger partial charge in [-0.3, -0.25) is 4.57 Å². The number of aryl methyl sites for hydroxylation is 1. The summed E-state index contributed by atoms with van der Waals surface area (Å²) in [5.41, 5.74) is 6.30. The summed E-state index contributed by atoms with van der Waals surface area (Å²) in [5, 5.41) is 9.80. The molecule has 1 rings (SSSR count). The van der Waals surface area contributed by atoms with E-state index in [-0.39, 0.29) is 11.0 Å². The maximum Gasteiger partial charge on any atom is 0.200 e. The van der Waals surface area contributed by atoms with E-state index in [1.807, 2.05) is 6.07 Å². The summed E-state index contributed by atoms with van der Waals surface area (Å²) < 4.78 is 1.42. The monoisotopic (exact) mass is 198 g/mol. The first-order valence-electron chi connectivity index (χ1n) is 4.35. The lowest BCUT2D eigenvalue weighted by molar-refractivity contribution is 0.440. The van der Waals surface area contributed by atoms with Gasteiger partial charge >= 0.3 is 0 Å². The van der Waals surface area contributed by atoms with Crippen LogP contribution in [-0.2, 0) is 6.42 Å². The third-order valence-corrected chi connectivity index (χ3v) is 2.17. The van der Waals surface area contributed by atoms with Crippen molar-refractivity contribution in [2.45, 2.75) is 26.2 Å². The lowest BCUT2D eigenvalue weighted by atomic mass is 10.1. The predicted octanol–water partition coefficient (Wildman–Crippen LogP) is 1.63. The molecule has 3 N–H and O–H groups in total. The first-order chi connectivity index (χ1) is 6.16. The van der Waals surface area contributed by atoms with Gasteiger partial charge in [0.25, 0.3) is 0 Å². The van der Waals surface area contributed by atoms with E-state index in [0.29, 0.717) is 0 Å². The van der Waals surface area contributed by atoms with Crippen molar-refractivity contribution in [1.29, 1.82) is 0 Å². The van der Waals surface area contributed by atoms with E-state index >= 15 is 0 Å². The highest BCUT2D eigenvalue weighted by Crippen LogP contribution is 2.19. The molecule has 1 aromatic heterocycles. The van der Waals surface area contributed by atoms with Crippen LogP contribution in [-0.4, -0.2) is 14.8 Å². The van der Waals surface area contributed by atoms with Crippen molar-refractivity contribution in [3.8, 4) is 5.88 Å². The van der Waals surface area contributed by atoms with Gasteiger partial charge in [0.2, 0.25) is 5.88 Å². The molecule has 0 amide bonds. The number of thiocarbonyl (C=S) groups is 1. The summed E-state index contributed by atoms with van der Waals surface area (Å²) in [6.45, 7) is 2.11. The fourth-order valence-electron chi connectivity index (χ4n) is 1.20. The molecule has 13 heavy (non-hydrogen) atoms. The molecule has 0 saturated carbocycles. The fourth-order valence-corrected chi connectivity index (χ4v) is 1.35. The number of aromatic hydroxyl groups is 1. The maximum atomic E-state index is 9.62. The number of nitrogens with zero attached hydrogens (tertiary/aromatic N) is 1. The molecule has 0 aliphatic carbocycles. The SMILES string of the molecule is CCCCc1ccn(C(N)=S)c1O. The number of nitrogens with two attached hydrogens (primary N) is 1. The average molecular weight is 198 g/mol. The number of hydrogen-bond acceptors (Lipinski definition) is 2.